The molecule has 6 nitrogen and oxygen atoms in total. The van der Waals surface area contributed by atoms with Crippen LogP contribution in [-0.2, 0) is 10.0 Å². The number of carbonyl (C=O) groups is 1. The molecule has 2 aromatic rings. The topological polar surface area (TPSA) is 87.3 Å². The Balaban J connectivity index is 2.00. The summed E-state index contributed by atoms with van der Waals surface area (Å²) in [6.45, 7) is 7.26. The van der Waals surface area contributed by atoms with Crippen molar-refractivity contribution in [2.24, 2.45) is 0 Å². The average Bonchev–Trinajstić information content (AvgIpc) is 2.53. The first-order valence-electron chi connectivity index (χ1n) is 8.29. The molecule has 0 spiro atoms. The van der Waals surface area contributed by atoms with E-state index in [9.17, 15) is 13.2 Å². The standard InChI is InChI=1S/C19H23N3O3S2/c1-13-5-7-14(8-6-13)17(23)21-18(26)20-15-9-11-16(12-10-15)27(24,25)22-19(2,3)4/h5-12,22H,1-4H3,(H2,20,21,23,26). The fourth-order valence-corrected chi connectivity index (χ4v) is 3.85. The zero-order chi connectivity index (χ0) is 20.2. The van der Waals surface area contributed by atoms with Gasteiger partial charge in [-0.25, -0.2) is 13.1 Å². The molecule has 8 heteroatoms. The molecular weight excluding hydrogens is 382 g/mol. The SMILES string of the molecule is Cc1ccc(C(=O)NC(=S)Nc2ccc(S(=O)(=O)NC(C)(C)C)cc2)cc1. The fraction of sp³-hybridized carbons (Fsp3) is 0.263. The van der Waals surface area contributed by atoms with E-state index in [2.05, 4.69) is 15.4 Å². The molecule has 0 saturated heterocycles. The van der Waals surface area contributed by atoms with Crippen molar-refractivity contribution < 1.29 is 13.2 Å². The zero-order valence-corrected chi connectivity index (χ0v) is 17.3. The molecule has 3 N–H and O–H groups in total. The van der Waals surface area contributed by atoms with Gasteiger partial charge >= 0.3 is 0 Å². The van der Waals surface area contributed by atoms with E-state index in [1.54, 1.807) is 45.0 Å². The van der Waals surface area contributed by atoms with E-state index in [1.807, 2.05) is 19.1 Å². The highest BCUT2D eigenvalue weighted by Crippen LogP contribution is 2.16. The lowest BCUT2D eigenvalue weighted by Crippen LogP contribution is -2.40. The van der Waals surface area contributed by atoms with Crippen molar-refractivity contribution in [1.82, 2.24) is 10.0 Å². The van der Waals surface area contributed by atoms with Crippen LogP contribution in [0.4, 0.5) is 5.69 Å². The second kappa shape index (κ2) is 8.16. The lowest BCUT2D eigenvalue weighted by Gasteiger charge is -2.20. The maximum Gasteiger partial charge on any atom is 0.257 e. The van der Waals surface area contributed by atoms with E-state index in [0.717, 1.165) is 5.56 Å². The van der Waals surface area contributed by atoms with Gasteiger partial charge in [-0.3, -0.25) is 10.1 Å². The van der Waals surface area contributed by atoms with Crippen molar-refractivity contribution in [1.29, 1.82) is 0 Å². The van der Waals surface area contributed by atoms with Gasteiger partial charge in [0.2, 0.25) is 10.0 Å². The van der Waals surface area contributed by atoms with E-state index >= 15 is 0 Å². The first-order valence-corrected chi connectivity index (χ1v) is 10.2. The number of thiocarbonyl (C=S) groups is 1. The number of rotatable bonds is 4. The molecule has 2 aromatic carbocycles. The van der Waals surface area contributed by atoms with Gasteiger partial charge in [0.1, 0.15) is 0 Å². The van der Waals surface area contributed by atoms with Gasteiger partial charge in [-0.05, 0) is 76.3 Å². The van der Waals surface area contributed by atoms with E-state index in [1.165, 1.54) is 12.1 Å². The maximum atomic E-state index is 12.3. The van der Waals surface area contributed by atoms with Crippen LogP contribution in [0.25, 0.3) is 0 Å². The Labute approximate surface area is 165 Å². The third-order valence-corrected chi connectivity index (χ3v) is 5.38. The summed E-state index contributed by atoms with van der Waals surface area (Å²) >= 11 is 5.14. The molecular formula is C19H23N3O3S2. The molecule has 0 atom stereocenters. The molecule has 2 rings (SSSR count). The Morgan fingerprint density at radius 3 is 2.04 bits per heavy atom. The van der Waals surface area contributed by atoms with Crippen LogP contribution >= 0.6 is 12.2 Å². The normalized spacial score (nSPS) is 11.7. The molecule has 0 fully saturated rings. The first-order chi connectivity index (χ1) is 12.5. The third kappa shape index (κ3) is 6.42. The molecule has 0 bridgehead atoms. The number of sulfonamides is 1. The van der Waals surface area contributed by atoms with Crippen LogP contribution in [0.5, 0.6) is 0 Å². The molecule has 1 amide bonds. The second-order valence-electron chi connectivity index (χ2n) is 7.15. The fourth-order valence-electron chi connectivity index (χ4n) is 2.22. The maximum absolute atomic E-state index is 12.3. The minimum atomic E-state index is -3.60. The minimum Gasteiger partial charge on any atom is -0.332 e. The molecule has 0 saturated carbocycles. The lowest BCUT2D eigenvalue weighted by atomic mass is 10.1. The van der Waals surface area contributed by atoms with Crippen LogP contribution in [0.1, 0.15) is 36.7 Å². The van der Waals surface area contributed by atoms with E-state index in [-0.39, 0.29) is 15.9 Å². The molecule has 0 radical (unpaired) electrons. The van der Waals surface area contributed by atoms with Gasteiger partial charge < -0.3 is 5.32 Å². The van der Waals surface area contributed by atoms with Crippen molar-refractivity contribution in [3.05, 3.63) is 59.7 Å². The largest absolute Gasteiger partial charge is 0.332 e. The van der Waals surface area contributed by atoms with Crippen LogP contribution in [0.15, 0.2) is 53.4 Å². The molecule has 0 aliphatic heterocycles. The predicted octanol–water partition coefficient (Wildman–Crippen LogP) is 3.20. The van der Waals surface area contributed by atoms with Crippen LogP contribution in [0, 0.1) is 6.92 Å². The molecule has 0 aliphatic rings. The lowest BCUT2D eigenvalue weighted by molar-refractivity contribution is 0.0977. The summed E-state index contributed by atoms with van der Waals surface area (Å²) in [4.78, 5) is 12.3. The number of carbonyl (C=O) groups excluding carboxylic acids is 1. The smallest absolute Gasteiger partial charge is 0.257 e. The molecule has 0 aromatic heterocycles. The number of anilines is 1. The highest BCUT2D eigenvalue weighted by atomic mass is 32.2. The van der Waals surface area contributed by atoms with Crippen LogP contribution in [0.3, 0.4) is 0 Å². The number of nitrogens with one attached hydrogen (secondary N) is 3. The Bertz CT molecular complexity index is 930. The van der Waals surface area contributed by atoms with E-state index < -0.39 is 15.6 Å². The molecule has 0 unspecified atom stereocenters. The van der Waals surface area contributed by atoms with E-state index in [4.69, 9.17) is 12.2 Å². The number of aryl methyl sites for hydroxylation is 1. The number of hydrogen-bond acceptors (Lipinski definition) is 4. The summed E-state index contributed by atoms with van der Waals surface area (Å²) in [5, 5.41) is 5.58. The summed E-state index contributed by atoms with van der Waals surface area (Å²) in [6, 6.07) is 13.2. The van der Waals surface area contributed by atoms with Gasteiger partial charge in [-0.15, -0.1) is 0 Å². The Morgan fingerprint density at radius 2 is 1.52 bits per heavy atom. The Morgan fingerprint density at radius 1 is 0.963 bits per heavy atom. The van der Waals surface area contributed by atoms with Crippen LogP contribution in [0.2, 0.25) is 0 Å². The third-order valence-electron chi connectivity index (χ3n) is 3.40. The quantitative estimate of drug-likeness (QED) is 0.680. The van der Waals surface area contributed by atoms with E-state index in [0.29, 0.717) is 11.3 Å². The van der Waals surface area contributed by atoms with Crippen molar-refractivity contribution in [3.63, 3.8) is 0 Å². The second-order valence-corrected chi connectivity index (χ2v) is 9.24. The summed E-state index contributed by atoms with van der Waals surface area (Å²) in [7, 11) is -3.60. The van der Waals surface area contributed by atoms with Gasteiger partial charge in [0.25, 0.3) is 5.91 Å². The zero-order valence-electron chi connectivity index (χ0n) is 15.7. The van der Waals surface area contributed by atoms with Gasteiger partial charge in [0, 0.05) is 16.8 Å². The molecule has 0 heterocycles. The van der Waals surface area contributed by atoms with Gasteiger partial charge in [-0.2, -0.15) is 0 Å². The van der Waals surface area contributed by atoms with Crippen molar-refractivity contribution >= 4 is 38.9 Å². The summed E-state index contributed by atoms with van der Waals surface area (Å²) in [5.74, 6) is -0.318. The highest BCUT2D eigenvalue weighted by Gasteiger charge is 2.21. The van der Waals surface area contributed by atoms with Crippen LogP contribution < -0.4 is 15.4 Å². The predicted molar refractivity (Wildman–Crippen MR) is 111 cm³/mol. The van der Waals surface area contributed by atoms with Gasteiger partial charge in [0.15, 0.2) is 5.11 Å². The van der Waals surface area contributed by atoms with Crippen molar-refractivity contribution in [3.8, 4) is 0 Å². The van der Waals surface area contributed by atoms with Crippen molar-refractivity contribution in [2.45, 2.75) is 38.1 Å². The summed E-state index contributed by atoms with van der Waals surface area (Å²) in [5.41, 5.74) is 1.55. The Hall–Kier alpha value is -2.29. The Kier molecular flexibility index (Phi) is 6.35. The summed E-state index contributed by atoms with van der Waals surface area (Å²) < 4.78 is 27.2. The highest BCUT2D eigenvalue weighted by molar-refractivity contribution is 7.89. The van der Waals surface area contributed by atoms with Gasteiger partial charge in [-0.1, -0.05) is 17.7 Å². The van der Waals surface area contributed by atoms with Crippen molar-refractivity contribution in [2.75, 3.05) is 5.32 Å². The molecule has 144 valence electrons. The molecule has 27 heavy (non-hydrogen) atoms. The monoisotopic (exact) mass is 405 g/mol. The average molecular weight is 406 g/mol. The first kappa shape index (κ1) is 21.0. The summed E-state index contributed by atoms with van der Waals surface area (Å²) in [6.07, 6.45) is 0. The number of amides is 1. The number of hydrogen-bond donors (Lipinski definition) is 3. The van der Waals surface area contributed by atoms with Gasteiger partial charge in [0.05, 0.1) is 4.90 Å². The molecule has 0 aliphatic carbocycles. The minimum absolute atomic E-state index is 0.129. The number of benzene rings is 2. The van der Waals surface area contributed by atoms with Crippen LogP contribution in [-0.4, -0.2) is 25.0 Å².